The second-order valence-electron chi connectivity index (χ2n) is 4.71. The predicted octanol–water partition coefficient (Wildman–Crippen LogP) is 3.24. The summed E-state index contributed by atoms with van der Waals surface area (Å²) >= 11 is 3.79. The van der Waals surface area contributed by atoms with E-state index in [1.54, 1.807) is 0 Å². The monoisotopic (exact) mass is 260 g/mol. The Kier molecular flexibility index (Phi) is 6.66. The molecule has 0 bridgehead atoms. The van der Waals surface area contributed by atoms with E-state index in [0.29, 0.717) is 18.0 Å². The zero-order valence-electron chi connectivity index (χ0n) is 10.8. The molecule has 0 amide bonds. The highest BCUT2D eigenvalue weighted by molar-refractivity contribution is 8.13. The number of amidine groups is 1. The Labute approximate surface area is 108 Å². The zero-order valence-corrected chi connectivity index (χ0v) is 12.5. The average Bonchev–Trinajstić information content (AvgIpc) is 2.26. The van der Waals surface area contributed by atoms with E-state index in [2.05, 4.69) is 32.3 Å². The van der Waals surface area contributed by atoms with Gasteiger partial charge in [0.05, 0.1) is 6.04 Å². The van der Waals surface area contributed by atoms with E-state index in [1.807, 2.05) is 23.5 Å². The molecule has 16 heavy (non-hydrogen) atoms. The summed E-state index contributed by atoms with van der Waals surface area (Å²) in [6, 6.07) is 1.07. The average molecular weight is 260 g/mol. The largest absolute Gasteiger partial charge is 0.362 e. The van der Waals surface area contributed by atoms with Crippen LogP contribution in [-0.4, -0.2) is 35.0 Å². The van der Waals surface area contributed by atoms with Gasteiger partial charge in [-0.1, -0.05) is 25.6 Å². The van der Waals surface area contributed by atoms with Crippen molar-refractivity contribution in [1.29, 1.82) is 0 Å². The quantitative estimate of drug-likeness (QED) is 0.821. The lowest BCUT2D eigenvalue weighted by molar-refractivity contribution is 0.481. The molecule has 4 heteroatoms. The molecular formula is C12H24N2S2. The van der Waals surface area contributed by atoms with Gasteiger partial charge in [-0.2, -0.15) is 11.8 Å². The minimum atomic E-state index is 0.525. The zero-order chi connectivity index (χ0) is 12.0. The third kappa shape index (κ3) is 5.00. The summed E-state index contributed by atoms with van der Waals surface area (Å²) in [4.78, 5) is 4.79. The van der Waals surface area contributed by atoms with Gasteiger partial charge >= 0.3 is 0 Å². The number of nitrogens with one attached hydrogen (secondary N) is 1. The maximum Gasteiger partial charge on any atom is 0.157 e. The van der Waals surface area contributed by atoms with Gasteiger partial charge in [-0.25, -0.2) is 0 Å². The summed E-state index contributed by atoms with van der Waals surface area (Å²) in [7, 11) is 0. The molecule has 1 N–H and O–H groups in total. The molecule has 2 atom stereocenters. The molecule has 0 aromatic rings. The molecule has 0 saturated carbocycles. The second kappa shape index (κ2) is 7.49. The molecule has 0 aromatic heterocycles. The van der Waals surface area contributed by atoms with Gasteiger partial charge in [0.15, 0.2) is 5.17 Å². The SMILES string of the molecule is CSCCC(C)NC1=NC(C(C)C)CCS1. The fourth-order valence-electron chi connectivity index (χ4n) is 1.67. The second-order valence-corrected chi connectivity index (χ2v) is 6.78. The van der Waals surface area contributed by atoms with Crippen molar-refractivity contribution in [3.63, 3.8) is 0 Å². The van der Waals surface area contributed by atoms with Gasteiger partial charge in [-0.15, -0.1) is 0 Å². The van der Waals surface area contributed by atoms with Crippen molar-refractivity contribution in [2.24, 2.45) is 10.9 Å². The van der Waals surface area contributed by atoms with E-state index >= 15 is 0 Å². The third-order valence-electron chi connectivity index (χ3n) is 2.83. The highest BCUT2D eigenvalue weighted by Gasteiger charge is 2.19. The van der Waals surface area contributed by atoms with Gasteiger partial charge in [-0.05, 0) is 37.7 Å². The minimum Gasteiger partial charge on any atom is -0.362 e. The Bertz CT molecular complexity index is 229. The van der Waals surface area contributed by atoms with Crippen LogP contribution in [0.2, 0.25) is 0 Å². The number of aliphatic imine (C=N–C) groups is 1. The molecule has 0 spiro atoms. The van der Waals surface area contributed by atoms with Gasteiger partial charge in [0.25, 0.3) is 0 Å². The van der Waals surface area contributed by atoms with Crippen molar-refractivity contribution in [1.82, 2.24) is 5.32 Å². The maximum absolute atomic E-state index is 4.79. The Morgan fingerprint density at radius 1 is 1.50 bits per heavy atom. The molecule has 1 aliphatic rings. The number of hydrogen-bond acceptors (Lipinski definition) is 4. The van der Waals surface area contributed by atoms with Crippen LogP contribution in [0.1, 0.15) is 33.6 Å². The first-order valence-electron chi connectivity index (χ1n) is 6.09. The van der Waals surface area contributed by atoms with Crippen LogP contribution in [-0.2, 0) is 0 Å². The fourth-order valence-corrected chi connectivity index (χ4v) is 3.30. The molecular weight excluding hydrogens is 236 g/mol. The van der Waals surface area contributed by atoms with E-state index in [9.17, 15) is 0 Å². The predicted molar refractivity (Wildman–Crippen MR) is 78.7 cm³/mol. The van der Waals surface area contributed by atoms with Crippen molar-refractivity contribution in [3.8, 4) is 0 Å². The molecule has 0 saturated heterocycles. The smallest absolute Gasteiger partial charge is 0.157 e. The van der Waals surface area contributed by atoms with E-state index in [1.165, 1.54) is 29.5 Å². The molecule has 2 unspecified atom stereocenters. The first-order valence-corrected chi connectivity index (χ1v) is 8.47. The molecule has 2 nitrogen and oxygen atoms in total. The summed E-state index contributed by atoms with van der Waals surface area (Å²) < 4.78 is 0. The Balaban J connectivity index is 2.40. The van der Waals surface area contributed by atoms with Crippen molar-refractivity contribution < 1.29 is 0 Å². The normalized spacial score (nSPS) is 23.1. The van der Waals surface area contributed by atoms with Crippen LogP contribution in [0.25, 0.3) is 0 Å². The van der Waals surface area contributed by atoms with Crippen LogP contribution in [0.4, 0.5) is 0 Å². The van der Waals surface area contributed by atoms with E-state index in [-0.39, 0.29) is 0 Å². The first-order chi connectivity index (χ1) is 7.63. The van der Waals surface area contributed by atoms with Crippen molar-refractivity contribution in [2.45, 2.75) is 45.7 Å². The third-order valence-corrected chi connectivity index (χ3v) is 4.41. The highest BCUT2D eigenvalue weighted by atomic mass is 32.2. The van der Waals surface area contributed by atoms with Crippen molar-refractivity contribution in [3.05, 3.63) is 0 Å². The molecule has 1 aliphatic heterocycles. The lowest BCUT2D eigenvalue weighted by Crippen LogP contribution is -2.35. The summed E-state index contributed by atoms with van der Waals surface area (Å²) in [5.74, 6) is 3.10. The topological polar surface area (TPSA) is 24.4 Å². The van der Waals surface area contributed by atoms with Crippen molar-refractivity contribution >= 4 is 28.7 Å². The molecule has 1 rings (SSSR count). The molecule has 1 heterocycles. The Morgan fingerprint density at radius 3 is 2.88 bits per heavy atom. The highest BCUT2D eigenvalue weighted by Crippen LogP contribution is 2.21. The summed E-state index contributed by atoms with van der Waals surface area (Å²) in [5, 5.41) is 4.70. The van der Waals surface area contributed by atoms with E-state index in [4.69, 9.17) is 4.99 Å². The van der Waals surface area contributed by atoms with Crippen LogP contribution in [0.3, 0.4) is 0 Å². The molecule has 0 aromatic carbocycles. The standard InChI is InChI=1S/C12H24N2S2/c1-9(2)11-6-8-16-12(14-11)13-10(3)5-7-15-4/h9-11H,5-8H2,1-4H3,(H,13,14). The number of hydrogen-bond donors (Lipinski definition) is 1. The maximum atomic E-state index is 4.79. The van der Waals surface area contributed by atoms with Gasteiger partial charge in [0.2, 0.25) is 0 Å². The number of rotatable bonds is 5. The van der Waals surface area contributed by atoms with Gasteiger partial charge in [-0.3, -0.25) is 4.99 Å². The summed E-state index contributed by atoms with van der Waals surface area (Å²) in [6.07, 6.45) is 4.61. The Hall–Kier alpha value is 0.170. The van der Waals surface area contributed by atoms with E-state index in [0.717, 1.165) is 0 Å². The number of nitrogens with zero attached hydrogens (tertiary/aromatic N) is 1. The first kappa shape index (κ1) is 14.2. The number of thioether (sulfide) groups is 2. The van der Waals surface area contributed by atoms with Gasteiger partial charge in [0.1, 0.15) is 0 Å². The summed E-state index contributed by atoms with van der Waals surface area (Å²) in [5.41, 5.74) is 0. The molecule has 0 radical (unpaired) electrons. The van der Waals surface area contributed by atoms with Crippen LogP contribution in [0.15, 0.2) is 4.99 Å². The Morgan fingerprint density at radius 2 is 2.25 bits per heavy atom. The molecule has 94 valence electrons. The van der Waals surface area contributed by atoms with Gasteiger partial charge in [0, 0.05) is 11.8 Å². The van der Waals surface area contributed by atoms with Crippen molar-refractivity contribution in [2.75, 3.05) is 17.8 Å². The van der Waals surface area contributed by atoms with Gasteiger partial charge < -0.3 is 5.32 Å². The molecule has 0 aliphatic carbocycles. The van der Waals surface area contributed by atoms with Crippen LogP contribution in [0, 0.1) is 5.92 Å². The molecule has 0 fully saturated rings. The lowest BCUT2D eigenvalue weighted by atomic mass is 10.0. The minimum absolute atomic E-state index is 0.525. The van der Waals surface area contributed by atoms with Crippen LogP contribution in [0.5, 0.6) is 0 Å². The fraction of sp³-hybridized carbons (Fsp3) is 0.917. The summed E-state index contributed by atoms with van der Waals surface area (Å²) in [6.45, 7) is 6.77. The van der Waals surface area contributed by atoms with E-state index < -0.39 is 0 Å². The van der Waals surface area contributed by atoms with Crippen LogP contribution < -0.4 is 5.32 Å². The van der Waals surface area contributed by atoms with Crippen LogP contribution >= 0.6 is 23.5 Å². The lowest BCUT2D eigenvalue weighted by Gasteiger charge is -2.25.